The van der Waals surface area contributed by atoms with E-state index in [0.717, 1.165) is 11.1 Å². The third-order valence-corrected chi connectivity index (χ3v) is 21.8. The van der Waals surface area contributed by atoms with Crippen molar-refractivity contribution in [3.63, 3.8) is 0 Å². The lowest BCUT2D eigenvalue weighted by Gasteiger charge is -2.39. The predicted octanol–water partition coefficient (Wildman–Crippen LogP) is 14.7. The van der Waals surface area contributed by atoms with E-state index in [1.807, 2.05) is 12.1 Å². The molecule has 1 fully saturated rings. The number of urea groups is 1. The molecule has 5 atom stereocenters. The van der Waals surface area contributed by atoms with Crippen molar-refractivity contribution in [2.45, 2.75) is 142 Å². The first kappa shape index (κ1) is 79.5. The summed E-state index contributed by atoms with van der Waals surface area (Å²) in [7, 11) is -9.41. The van der Waals surface area contributed by atoms with Crippen LogP contribution in [0.2, 0.25) is 0 Å². The zero-order chi connectivity index (χ0) is 76.5. The summed E-state index contributed by atoms with van der Waals surface area (Å²) in [5, 5.41) is 10.5. The number of phosphoric ester groups is 2. The fraction of sp³-hybridized carbons (Fsp3) is 0.390. The second-order valence-corrected chi connectivity index (χ2v) is 31.9. The fourth-order valence-electron chi connectivity index (χ4n) is 13.6. The quantitative estimate of drug-likeness (QED) is 0.00570. The van der Waals surface area contributed by atoms with E-state index in [0.29, 0.717) is 107 Å². The third kappa shape index (κ3) is 19.8. The third-order valence-electron chi connectivity index (χ3n) is 18.6. The largest absolute Gasteiger partial charge is 0.527 e. The Bertz CT molecular complexity index is 4590. The van der Waals surface area contributed by atoms with E-state index in [9.17, 15) is 62.1 Å². The normalized spacial score (nSPS) is 17.6. The van der Waals surface area contributed by atoms with Gasteiger partial charge in [-0.25, -0.2) is 18.7 Å². The van der Waals surface area contributed by atoms with Gasteiger partial charge < -0.3 is 40.0 Å². The molecule has 25 nitrogen and oxygen atoms in total. The fourth-order valence-corrected chi connectivity index (χ4v) is 16.4. The summed E-state index contributed by atoms with van der Waals surface area (Å²) >= 11 is 13.2. The SMILES string of the molecule is CC(C)(C)OP(=O)(O)Oc1cc2c(c3ccccc13)[C@H](CCl)CN2C(=O)/C=C/c1ccc(/C=C/C(=O)N2C[C@@H](CCl)c3c2cc(OP(=O)(O)OC(C)(C)C)c2ccccc32)c(NC(=O)OCc2ccc(NC(=O)[C@H](CCCNC(N)=O)CC(=O)C3(C(=O)CCCCCCN4C(=O)C=CC4=O)CCC3)cc2)c1. The number of benzene rings is 6. The van der Waals surface area contributed by atoms with Gasteiger partial charge in [-0.15, -0.1) is 23.2 Å². The van der Waals surface area contributed by atoms with Crippen molar-refractivity contribution >= 4 is 149 Å². The smallest absolute Gasteiger partial charge is 0.444 e. The molecule has 7 N–H and O–H groups in total. The van der Waals surface area contributed by atoms with Crippen LogP contribution in [0.4, 0.5) is 32.3 Å². The predicted molar refractivity (Wildman–Crippen MR) is 406 cm³/mol. The summed E-state index contributed by atoms with van der Waals surface area (Å²) in [6.07, 6.45) is 11.4. The van der Waals surface area contributed by atoms with Crippen LogP contribution in [0.3, 0.4) is 0 Å². The highest BCUT2D eigenvalue weighted by molar-refractivity contribution is 7.48. The number of ether oxygens (including phenoxy) is 1. The lowest BCUT2D eigenvalue weighted by molar-refractivity contribution is -0.148. The van der Waals surface area contributed by atoms with Crippen molar-refractivity contribution in [3.8, 4) is 11.5 Å². The second kappa shape index (κ2) is 33.8. The molecule has 2 unspecified atom stereocenters. The van der Waals surface area contributed by atoms with Gasteiger partial charge in [-0.2, -0.15) is 0 Å². The van der Waals surface area contributed by atoms with E-state index < -0.39 is 68.0 Å². The highest BCUT2D eigenvalue weighted by Gasteiger charge is 2.50. The molecule has 0 saturated heterocycles. The number of nitrogens with zero attached hydrogens (tertiary/aromatic N) is 3. The molecule has 0 radical (unpaired) electrons. The Labute approximate surface area is 624 Å². The summed E-state index contributed by atoms with van der Waals surface area (Å²) in [6, 6.07) is 27.7. The number of carbonyl (C=O) groups excluding carboxylic acids is 9. The van der Waals surface area contributed by atoms with Gasteiger partial charge in [0, 0.05) is 121 Å². The number of anilines is 4. The molecule has 4 aliphatic rings. The molecule has 10 rings (SSSR count). The van der Waals surface area contributed by atoms with Crippen LogP contribution in [-0.2, 0) is 63.1 Å². The summed E-state index contributed by atoms with van der Waals surface area (Å²) in [5.74, 6) is -4.05. The van der Waals surface area contributed by atoms with E-state index in [1.165, 1.54) is 63.3 Å². The Morgan fingerprint density at radius 1 is 0.660 bits per heavy atom. The summed E-state index contributed by atoms with van der Waals surface area (Å²) in [5.41, 5.74) is 5.93. The highest BCUT2D eigenvalue weighted by atomic mass is 35.5. The number of fused-ring (bicyclic) bond motifs is 6. The Morgan fingerprint density at radius 3 is 1.70 bits per heavy atom. The van der Waals surface area contributed by atoms with Crippen LogP contribution < -0.4 is 40.5 Å². The average molecular weight is 1530 g/mol. The molecule has 8 amide bonds. The number of halogens is 2. The molecule has 3 heterocycles. The van der Waals surface area contributed by atoms with E-state index in [2.05, 4.69) is 16.0 Å². The molecule has 0 bridgehead atoms. The maximum absolute atomic E-state index is 14.6. The number of alkyl halides is 2. The van der Waals surface area contributed by atoms with Gasteiger partial charge in [-0.1, -0.05) is 92.1 Å². The van der Waals surface area contributed by atoms with Gasteiger partial charge >= 0.3 is 27.8 Å². The van der Waals surface area contributed by atoms with Gasteiger partial charge in [0.2, 0.25) is 5.91 Å². The molecule has 29 heteroatoms. The number of nitrogens with two attached hydrogens (primary N) is 1. The first-order valence-corrected chi connectivity index (χ1v) is 39.1. The van der Waals surface area contributed by atoms with Crippen molar-refractivity contribution in [2.75, 3.05) is 58.4 Å². The zero-order valence-electron chi connectivity index (χ0n) is 59.7. The lowest BCUT2D eigenvalue weighted by Crippen LogP contribution is -2.46. The van der Waals surface area contributed by atoms with Crippen LogP contribution in [0, 0.1) is 11.3 Å². The number of amides is 8. The maximum Gasteiger partial charge on any atom is 0.527 e. The minimum absolute atomic E-state index is 0.00628. The zero-order valence-corrected chi connectivity index (χ0v) is 63.0. The summed E-state index contributed by atoms with van der Waals surface area (Å²) < 4.78 is 54.8. The van der Waals surface area contributed by atoms with Crippen LogP contribution >= 0.6 is 38.8 Å². The number of phosphoric acid groups is 2. The summed E-state index contributed by atoms with van der Waals surface area (Å²) in [4.78, 5) is 146. The van der Waals surface area contributed by atoms with Gasteiger partial charge in [0.05, 0.1) is 33.7 Å². The highest BCUT2D eigenvalue weighted by Crippen LogP contribution is 2.55. The molecular formula is C77H87Cl2N7O18P2. The maximum atomic E-state index is 14.6. The van der Waals surface area contributed by atoms with Gasteiger partial charge in [0.15, 0.2) is 0 Å². The van der Waals surface area contributed by atoms with Crippen molar-refractivity contribution in [1.82, 2.24) is 10.2 Å². The van der Waals surface area contributed by atoms with E-state index in [1.54, 1.807) is 120 Å². The van der Waals surface area contributed by atoms with Crippen LogP contribution in [0.1, 0.15) is 152 Å². The van der Waals surface area contributed by atoms with Gasteiger partial charge in [-0.05, 0) is 149 Å². The molecule has 1 saturated carbocycles. The Hall–Kier alpha value is -9.03. The molecule has 0 spiro atoms. The standard InChI is InChI=1S/C77H87Cl2N7O18P2/c1-75(2,3)103-105(96,97)101-62-41-60-70(57-20-12-10-18-55(57)62)52(43-78)45-85(60)68(91)31-26-48-23-27-50(28-32-69(92)86-46-53(44-79)71-58-21-13-11-19-56(58)63(42-61(71)86)102-106(98,99)104-76(4,5)6)59(39-48)83-74(95)100-47-49-24-29-54(30-25-49)82-72(93)51(17-15-37-81-73(80)94)40-65(88)77(35-16-36-77)64(87)22-9-7-8-14-38-84-66(89)33-34-67(84)90/h10-13,18-21,23-34,39,41-42,51-53H,7-9,14-17,22,35-38,40,43-47H2,1-6H3,(H,82,93)(H,83,95)(H,96,97)(H,98,99)(H3,80,81,94)/b31-26+,32-28+/t51-,52-,53-/m1/s1. The number of imide groups is 1. The van der Waals surface area contributed by atoms with E-state index >= 15 is 0 Å². The van der Waals surface area contributed by atoms with Crippen molar-refractivity contribution in [1.29, 1.82) is 0 Å². The first-order chi connectivity index (χ1) is 50.2. The number of rotatable bonds is 32. The van der Waals surface area contributed by atoms with Crippen LogP contribution in [0.15, 0.2) is 127 Å². The number of Topliss-reactive ketones (excluding diaryl/α,β-unsaturated/α-hetero) is 2. The van der Waals surface area contributed by atoms with Gasteiger partial charge in [-0.3, -0.25) is 62.6 Å². The molecule has 6 aromatic carbocycles. The summed E-state index contributed by atoms with van der Waals surface area (Å²) in [6.45, 7) is 10.1. The topological polar surface area (TPSA) is 346 Å². The van der Waals surface area contributed by atoms with Crippen molar-refractivity contribution in [2.24, 2.45) is 17.1 Å². The van der Waals surface area contributed by atoms with Crippen LogP contribution in [-0.4, -0.2) is 117 Å². The molecular weight excluding hydrogens is 1440 g/mol. The minimum atomic E-state index is -4.71. The monoisotopic (exact) mass is 1530 g/mol. The number of carbonyl (C=O) groups is 9. The Kier molecular flexibility index (Phi) is 25.4. The van der Waals surface area contributed by atoms with Gasteiger partial charge in [0.1, 0.15) is 29.7 Å². The van der Waals surface area contributed by atoms with Gasteiger partial charge in [0.25, 0.3) is 23.6 Å². The van der Waals surface area contributed by atoms with E-state index in [4.69, 9.17) is 51.8 Å². The van der Waals surface area contributed by atoms with Crippen LogP contribution in [0.25, 0.3) is 33.7 Å². The number of hydrogen-bond acceptors (Lipinski definition) is 16. The second-order valence-electron chi connectivity index (χ2n) is 28.7. The molecule has 0 aromatic heterocycles. The molecule has 6 aromatic rings. The Morgan fingerprint density at radius 2 is 1.19 bits per heavy atom. The first-order valence-electron chi connectivity index (χ1n) is 35.0. The molecule has 3 aliphatic heterocycles. The number of ketones is 2. The molecule has 562 valence electrons. The molecule has 106 heavy (non-hydrogen) atoms. The number of unbranched alkanes of at least 4 members (excludes halogenated alkanes) is 3. The lowest BCUT2D eigenvalue weighted by atomic mass is 9.61. The number of nitrogens with one attached hydrogen (secondary N) is 3. The number of hydrogen-bond donors (Lipinski definition) is 6. The average Bonchev–Trinajstić information content (AvgIpc) is 1.56. The molecule has 1 aliphatic carbocycles. The van der Waals surface area contributed by atoms with Crippen molar-refractivity contribution in [3.05, 3.63) is 155 Å². The van der Waals surface area contributed by atoms with Crippen molar-refractivity contribution < 1.29 is 84.9 Å². The minimum Gasteiger partial charge on any atom is -0.444 e. The number of primary amides is 1. The Balaban J connectivity index is 0.860. The van der Waals surface area contributed by atoms with Crippen LogP contribution in [0.5, 0.6) is 11.5 Å². The van der Waals surface area contributed by atoms with E-state index in [-0.39, 0.29) is 116 Å².